The van der Waals surface area contributed by atoms with Crippen molar-refractivity contribution in [3.05, 3.63) is 40.3 Å². The number of nitrogens with zero attached hydrogens (tertiary/aromatic N) is 2. The molecule has 0 aliphatic rings. The summed E-state index contributed by atoms with van der Waals surface area (Å²) in [5, 5.41) is 7.08. The van der Waals surface area contributed by atoms with Crippen molar-refractivity contribution in [3.8, 4) is 0 Å². The van der Waals surface area contributed by atoms with Crippen molar-refractivity contribution in [2.24, 2.45) is 0 Å². The molecule has 1 heterocycles. The predicted octanol–water partition coefficient (Wildman–Crippen LogP) is 1.95. The van der Waals surface area contributed by atoms with Crippen LogP contribution in [-0.2, 0) is 6.54 Å². The van der Waals surface area contributed by atoms with Gasteiger partial charge in [0.15, 0.2) is 5.16 Å². The van der Waals surface area contributed by atoms with E-state index in [2.05, 4.69) is 10.2 Å². The highest BCUT2D eigenvalue weighted by Gasteiger charge is 2.08. The maximum absolute atomic E-state index is 11.5. The summed E-state index contributed by atoms with van der Waals surface area (Å²) < 4.78 is 1.61. The van der Waals surface area contributed by atoms with Crippen LogP contribution in [0.2, 0.25) is 0 Å². The third-order valence-electron chi connectivity index (χ3n) is 2.40. The molecule has 0 saturated carbocycles. The van der Waals surface area contributed by atoms with E-state index >= 15 is 0 Å². The minimum atomic E-state index is -0.191. The highest BCUT2D eigenvalue weighted by molar-refractivity contribution is 7.99. The van der Waals surface area contributed by atoms with Crippen molar-refractivity contribution in [1.29, 1.82) is 0 Å². The van der Waals surface area contributed by atoms with Gasteiger partial charge in [-0.2, -0.15) is 0 Å². The van der Waals surface area contributed by atoms with Crippen LogP contribution < -0.4 is 5.69 Å². The molecule has 18 heavy (non-hydrogen) atoms. The fraction of sp³-hybridized carbons (Fsp3) is 0.250. The molecular formula is C12H13N3O2S. The van der Waals surface area contributed by atoms with Gasteiger partial charge in [0.25, 0.3) is 0 Å². The molecule has 0 radical (unpaired) electrons. The molecule has 0 amide bonds. The molecule has 0 aliphatic carbocycles. The second-order valence-corrected chi connectivity index (χ2v) is 4.79. The maximum Gasteiger partial charge on any atom is 0.343 e. The normalized spacial score (nSPS) is 10.5. The molecule has 6 heteroatoms. The summed E-state index contributed by atoms with van der Waals surface area (Å²) in [4.78, 5) is 23.0. The first kappa shape index (κ1) is 12.6. The van der Waals surface area contributed by atoms with E-state index in [0.717, 1.165) is 17.6 Å². The van der Waals surface area contributed by atoms with E-state index in [1.807, 2.05) is 19.1 Å². The van der Waals surface area contributed by atoms with Crippen LogP contribution in [0.25, 0.3) is 0 Å². The Morgan fingerprint density at radius 3 is 2.72 bits per heavy atom. The van der Waals surface area contributed by atoms with E-state index in [1.165, 1.54) is 11.8 Å². The minimum absolute atomic E-state index is 0.191. The largest absolute Gasteiger partial charge is 0.343 e. The summed E-state index contributed by atoms with van der Waals surface area (Å²) in [6.07, 6.45) is 1.67. The first-order valence-electron chi connectivity index (χ1n) is 5.63. The van der Waals surface area contributed by atoms with Gasteiger partial charge in [-0.05, 0) is 30.3 Å². The van der Waals surface area contributed by atoms with E-state index in [1.54, 1.807) is 16.7 Å². The Balaban J connectivity index is 2.22. The first-order chi connectivity index (χ1) is 8.74. The first-order valence-corrected chi connectivity index (χ1v) is 6.44. The molecule has 1 aromatic heterocycles. The lowest BCUT2D eigenvalue weighted by atomic mass is 10.2. The number of aromatic nitrogens is 3. The fourth-order valence-electron chi connectivity index (χ4n) is 1.52. The van der Waals surface area contributed by atoms with E-state index in [0.29, 0.717) is 17.3 Å². The van der Waals surface area contributed by atoms with Gasteiger partial charge in [-0.15, -0.1) is 5.10 Å². The van der Waals surface area contributed by atoms with Gasteiger partial charge in [-0.3, -0.25) is 9.36 Å². The minimum Gasteiger partial charge on any atom is -0.298 e. The van der Waals surface area contributed by atoms with Crippen LogP contribution in [0.15, 0.2) is 39.1 Å². The van der Waals surface area contributed by atoms with E-state index in [9.17, 15) is 9.59 Å². The molecule has 0 unspecified atom stereocenters. The van der Waals surface area contributed by atoms with Gasteiger partial charge in [0.05, 0.1) is 0 Å². The topological polar surface area (TPSA) is 67.8 Å². The van der Waals surface area contributed by atoms with Crippen LogP contribution >= 0.6 is 11.8 Å². The number of H-pyrrole nitrogens is 1. The number of rotatable bonds is 5. The number of carbonyl (C=O) groups is 1. The van der Waals surface area contributed by atoms with Crippen LogP contribution in [0.1, 0.15) is 23.7 Å². The Morgan fingerprint density at radius 1 is 1.39 bits per heavy atom. The lowest BCUT2D eigenvalue weighted by Crippen LogP contribution is -2.17. The van der Waals surface area contributed by atoms with Gasteiger partial charge >= 0.3 is 5.69 Å². The van der Waals surface area contributed by atoms with E-state index < -0.39 is 0 Å². The van der Waals surface area contributed by atoms with Crippen molar-refractivity contribution < 1.29 is 4.79 Å². The molecule has 0 bridgehead atoms. The number of benzene rings is 1. The average molecular weight is 263 g/mol. The molecule has 0 fully saturated rings. The smallest absolute Gasteiger partial charge is 0.298 e. The van der Waals surface area contributed by atoms with Crippen molar-refractivity contribution >= 4 is 18.0 Å². The molecule has 5 nitrogen and oxygen atoms in total. The van der Waals surface area contributed by atoms with Gasteiger partial charge in [-0.1, -0.05) is 19.1 Å². The summed E-state index contributed by atoms with van der Waals surface area (Å²) in [5.41, 5.74) is 0.441. The second kappa shape index (κ2) is 5.68. The van der Waals surface area contributed by atoms with Crippen molar-refractivity contribution in [1.82, 2.24) is 14.8 Å². The van der Waals surface area contributed by atoms with Crippen LogP contribution in [0.4, 0.5) is 0 Å². The summed E-state index contributed by atoms with van der Waals surface area (Å²) in [6, 6.07) is 7.15. The predicted molar refractivity (Wildman–Crippen MR) is 69.1 cm³/mol. The zero-order valence-corrected chi connectivity index (χ0v) is 10.7. The quantitative estimate of drug-likeness (QED) is 0.837. The molecule has 2 aromatic rings. The molecule has 0 spiro atoms. The third kappa shape index (κ3) is 2.70. The molecule has 1 N–H and O–H groups in total. The Bertz CT molecular complexity index is 586. The number of carbonyl (C=O) groups excluding carboxylic acids is 1. The van der Waals surface area contributed by atoms with E-state index in [4.69, 9.17) is 0 Å². The maximum atomic E-state index is 11.5. The van der Waals surface area contributed by atoms with Crippen LogP contribution in [0, 0.1) is 0 Å². The second-order valence-electron chi connectivity index (χ2n) is 3.75. The summed E-state index contributed by atoms with van der Waals surface area (Å²) >= 11 is 1.40. The Hall–Kier alpha value is -1.82. The summed E-state index contributed by atoms with van der Waals surface area (Å²) in [6.45, 7) is 2.65. The van der Waals surface area contributed by atoms with Crippen molar-refractivity contribution in [2.75, 3.05) is 0 Å². The summed E-state index contributed by atoms with van der Waals surface area (Å²) in [5.74, 6) is 0. The highest BCUT2D eigenvalue weighted by Crippen LogP contribution is 2.24. The van der Waals surface area contributed by atoms with Crippen LogP contribution in [0.3, 0.4) is 0 Å². The molecular weight excluding hydrogens is 250 g/mol. The number of nitrogens with one attached hydrogen (secondary N) is 1. The number of hydrogen-bond donors (Lipinski definition) is 1. The standard InChI is InChI=1S/C12H13N3O2S/c1-2-7-15-11(17)13-14-12(15)18-10-5-3-9(8-16)4-6-10/h3-6,8H,2,7H2,1H3,(H,13,17). The zero-order valence-electron chi connectivity index (χ0n) is 9.92. The Labute approximate surface area is 108 Å². The van der Waals surface area contributed by atoms with E-state index in [-0.39, 0.29) is 5.69 Å². The van der Waals surface area contributed by atoms with Gasteiger partial charge in [0, 0.05) is 17.0 Å². The van der Waals surface area contributed by atoms with Crippen molar-refractivity contribution in [2.45, 2.75) is 29.9 Å². The Morgan fingerprint density at radius 2 is 2.11 bits per heavy atom. The van der Waals surface area contributed by atoms with Gasteiger partial charge < -0.3 is 0 Å². The lowest BCUT2D eigenvalue weighted by Gasteiger charge is -2.03. The summed E-state index contributed by atoms with van der Waals surface area (Å²) in [7, 11) is 0. The van der Waals surface area contributed by atoms with Gasteiger partial charge in [0.1, 0.15) is 6.29 Å². The fourth-order valence-corrected chi connectivity index (χ4v) is 2.38. The van der Waals surface area contributed by atoms with Gasteiger partial charge in [0.2, 0.25) is 0 Å². The van der Waals surface area contributed by atoms with Gasteiger partial charge in [-0.25, -0.2) is 9.89 Å². The number of aromatic amines is 1. The Kier molecular flexibility index (Phi) is 3.99. The molecule has 0 atom stereocenters. The monoisotopic (exact) mass is 263 g/mol. The molecule has 0 saturated heterocycles. The van der Waals surface area contributed by atoms with Crippen LogP contribution in [0.5, 0.6) is 0 Å². The number of aldehydes is 1. The molecule has 2 rings (SSSR count). The highest BCUT2D eigenvalue weighted by atomic mass is 32.2. The van der Waals surface area contributed by atoms with Crippen LogP contribution in [-0.4, -0.2) is 21.1 Å². The SMILES string of the molecule is CCCn1c(Sc2ccc(C=O)cc2)n[nH]c1=O. The molecule has 94 valence electrons. The molecule has 0 aliphatic heterocycles. The third-order valence-corrected chi connectivity index (χ3v) is 3.40. The van der Waals surface area contributed by atoms with Crippen molar-refractivity contribution in [3.63, 3.8) is 0 Å². The average Bonchev–Trinajstić information content (AvgIpc) is 2.73. The number of hydrogen-bond acceptors (Lipinski definition) is 4. The zero-order chi connectivity index (χ0) is 13.0. The lowest BCUT2D eigenvalue weighted by molar-refractivity contribution is 0.112. The molecule has 1 aromatic carbocycles.